The van der Waals surface area contributed by atoms with E-state index < -0.39 is 16.7 Å². The zero-order chi connectivity index (χ0) is 15.6. The summed E-state index contributed by atoms with van der Waals surface area (Å²) in [5.74, 6) is -0.593. The van der Waals surface area contributed by atoms with Gasteiger partial charge < -0.3 is 10.5 Å². The Bertz CT molecular complexity index is 672. The lowest BCUT2D eigenvalue weighted by atomic mass is 10.2. The molecule has 2 N–H and O–H groups in total. The van der Waals surface area contributed by atoms with Crippen molar-refractivity contribution in [3.05, 3.63) is 52.1 Å². The van der Waals surface area contributed by atoms with Gasteiger partial charge in [0.1, 0.15) is 11.6 Å². The second-order valence-electron chi connectivity index (χ2n) is 3.97. The van der Waals surface area contributed by atoms with Crippen molar-refractivity contribution < 1.29 is 22.8 Å². The van der Waals surface area contributed by atoms with Crippen LogP contribution in [0.1, 0.15) is 5.56 Å². The maximum absolute atomic E-state index is 12.6. The van der Waals surface area contributed by atoms with Crippen LogP contribution in [0.15, 0.2) is 36.4 Å². The first kappa shape index (κ1) is 14.6. The fourth-order valence-electron chi connectivity index (χ4n) is 1.50. The van der Waals surface area contributed by atoms with E-state index in [4.69, 9.17) is 10.5 Å². The number of non-ortho nitro benzene ring substituents is 1. The highest BCUT2D eigenvalue weighted by Crippen LogP contribution is 2.33. The summed E-state index contributed by atoms with van der Waals surface area (Å²) in [6.07, 6.45) is -4.58. The maximum atomic E-state index is 12.6. The van der Waals surface area contributed by atoms with E-state index in [0.717, 1.165) is 12.1 Å². The monoisotopic (exact) mass is 299 g/mol. The van der Waals surface area contributed by atoms with Crippen LogP contribution in [0.25, 0.3) is 0 Å². The Balaban J connectivity index is 2.27. The Morgan fingerprint density at radius 3 is 2.33 bits per heavy atom. The molecule has 0 bridgehead atoms. The summed E-state index contributed by atoms with van der Waals surface area (Å²) in [6.45, 7) is 0. The number of rotatable bonds is 3. The highest BCUT2D eigenvalue weighted by molar-refractivity contribution is 5.41. The van der Waals surface area contributed by atoms with Crippen molar-refractivity contribution in [2.75, 3.05) is 5.73 Å². The number of alkyl halides is 3. The molecule has 9 heteroatoms. The summed E-state index contributed by atoms with van der Waals surface area (Å²) < 4.78 is 43.0. The van der Waals surface area contributed by atoms with Crippen LogP contribution in [-0.4, -0.2) is 9.91 Å². The fourth-order valence-corrected chi connectivity index (χ4v) is 1.50. The van der Waals surface area contributed by atoms with E-state index in [0.29, 0.717) is 12.1 Å². The van der Waals surface area contributed by atoms with Crippen molar-refractivity contribution in [3.8, 4) is 11.6 Å². The predicted octanol–water partition coefficient (Wildman–Crippen LogP) is 3.38. The molecular weight excluding hydrogens is 291 g/mol. The van der Waals surface area contributed by atoms with Crippen LogP contribution in [0.3, 0.4) is 0 Å². The number of hydrogen-bond donors (Lipinski definition) is 1. The minimum atomic E-state index is -4.58. The molecule has 1 aromatic heterocycles. The number of ether oxygens (including phenoxy) is 1. The van der Waals surface area contributed by atoms with Crippen LogP contribution in [0.2, 0.25) is 0 Å². The predicted molar refractivity (Wildman–Crippen MR) is 66.8 cm³/mol. The first-order chi connectivity index (χ1) is 9.75. The van der Waals surface area contributed by atoms with Crippen molar-refractivity contribution in [1.29, 1.82) is 0 Å². The molecule has 0 aliphatic heterocycles. The van der Waals surface area contributed by atoms with E-state index in [9.17, 15) is 23.3 Å². The fraction of sp³-hybridized carbons (Fsp3) is 0.0833. The molecule has 0 aliphatic carbocycles. The van der Waals surface area contributed by atoms with E-state index in [-0.39, 0.29) is 23.1 Å². The largest absolute Gasteiger partial charge is 0.439 e. The van der Waals surface area contributed by atoms with Crippen molar-refractivity contribution in [2.24, 2.45) is 0 Å². The molecule has 0 saturated heterocycles. The molecule has 2 aromatic rings. The third-order valence-electron chi connectivity index (χ3n) is 2.42. The number of nitro groups is 1. The van der Waals surface area contributed by atoms with Gasteiger partial charge in [-0.2, -0.15) is 18.2 Å². The number of nitrogens with zero attached hydrogens (tertiary/aromatic N) is 2. The van der Waals surface area contributed by atoms with Crippen LogP contribution in [-0.2, 0) is 6.18 Å². The minimum Gasteiger partial charge on any atom is -0.439 e. The molecule has 0 fully saturated rings. The second kappa shape index (κ2) is 5.27. The SMILES string of the molecule is Nc1cc(C(F)(F)F)cc(Oc2ccc([N+](=O)[O-])cc2)n1. The molecule has 0 spiro atoms. The number of halogens is 3. The van der Waals surface area contributed by atoms with Crippen molar-refractivity contribution in [1.82, 2.24) is 4.98 Å². The molecule has 0 saturated carbocycles. The van der Waals surface area contributed by atoms with Gasteiger partial charge in [-0.15, -0.1) is 0 Å². The highest BCUT2D eigenvalue weighted by Gasteiger charge is 2.31. The Morgan fingerprint density at radius 1 is 1.19 bits per heavy atom. The third kappa shape index (κ3) is 3.59. The lowest BCUT2D eigenvalue weighted by molar-refractivity contribution is -0.384. The number of nitrogens with two attached hydrogens (primary N) is 1. The van der Waals surface area contributed by atoms with Crippen molar-refractivity contribution >= 4 is 11.5 Å². The number of aromatic nitrogens is 1. The number of anilines is 1. The van der Waals surface area contributed by atoms with Crippen molar-refractivity contribution in [2.45, 2.75) is 6.18 Å². The first-order valence-corrected chi connectivity index (χ1v) is 5.53. The molecule has 1 heterocycles. The Labute approximate surface area is 116 Å². The van der Waals surface area contributed by atoms with Gasteiger partial charge in [-0.1, -0.05) is 0 Å². The van der Waals surface area contributed by atoms with E-state index in [1.807, 2.05) is 0 Å². The molecule has 6 nitrogen and oxygen atoms in total. The minimum absolute atomic E-state index is 0.104. The van der Waals surface area contributed by atoms with Crippen LogP contribution in [0, 0.1) is 10.1 Å². The lowest BCUT2D eigenvalue weighted by Crippen LogP contribution is -2.07. The van der Waals surface area contributed by atoms with Gasteiger partial charge in [0.05, 0.1) is 10.5 Å². The average molecular weight is 299 g/mol. The Morgan fingerprint density at radius 2 is 1.81 bits per heavy atom. The second-order valence-corrected chi connectivity index (χ2v) is 3.97. The third-order valence-corrected chi connectivity index (χ3v) is 2.42. The highest BCUT2D eigenvalue weighted by atomic mass is 19.4. The van der Waals surface area contributed by atoms with Gasteiger partial charge in [0.15, 0.2) is 0 Å². The summed E-state index contributed by atoms with van der Waals surface area (Å²) in [5, 5.41) is 10.5. The molecule has 0 amide bonds. The van der Waals surface area contributed by atoms with Gasteiger partial charge in [-0.3, -0.25) is 10.1 Å². The van der Waals surface area contributed by atoms with E-state index in [1.54, 1.807) is 0 Å². The standard InChI is InChI=1S/C12H8F3N3O3/c13-12(14,15)7-5-10(16)17-11(6-7)21-9-3-1-8(2-4-9)18(19)20/h1-6H,(H2,16,17). The number of nitro benzene ring substituents is 1. The van der Waals surface area contributed by atoms with Gasteiger partial charge in [0.2, 0.25) is 5.88 Å². The van der Waals surface area contributed by atoms with Gasteiger partial charge in [-0.25, -0.2) is 0 Å². The Hall–Kier alpha value is -2.84. The van der Waals surface area contributed by atoms with Gasteiger partial charge in [0.25, 0.3) is 5.69 Å². The molecule has 1 aromatic carbocycles. The summed E-state index contributed by atoms with van der Waals surface area (Å²) in [6, 6.07) is 6.19. The quantitative estimate of drug-likeness (QED) is 0.693. The summed E-state index contributed by atoms with van der Waals surface area (Å²) >= 11 is 0. The van der Waals surface area contributed by atoms with Crippen LogP contribution < -0.4 is 10.5 Å². The molecule has 0 radical (unpaired) electrons. The van der Waals surface area contributed by atoms with Gasteiger partial charge >= 0.3 is 6.18 Å². The molecule has 0 unspecified atom stereocenters. The molecular formula is C12H8F3N3O3. The molecule has 0 atom stereocenters. The van der Waals surface area contributed by atoms with Crippen LogP contribution in [0.4, 0.5) is 24.7 Å². The van der Waals surface area contributed by atoms with E-state index in [1.165, 1.54) is 12.1 Å². The van der Waals surface area contributed by atoms with Crippen LogP contribution in [0.5, 0.6) is 11.6 Å². The number of hydrogen-bond acceptors (Lipinski definition) is 5. The number of pyridine rings is 1. The zero-order valence-corrected chi connectivity index (χ0v) is 10.3. The van der Waals surface area contributed by atoms with Crippen LogP contribution >= 0.6 is 0 Å². The number of nitrogen functional groups attached to an aromatic ring is 1. The normalized spacial score (nSPS) is 11.2. The molecule has 110 valence electrons. The topological polar surface area (TPSA) is 91.3 Å². The van der Waals surface area contributed by atoms with Gasteiger partial charge in [-0.05, 0) is 18.2 Å². The Kier molecular flexibility index (Phi) is 3.66. The van der Waals surface area contributed by atoms with Crippen molar-refractivity contribution in [3.63, 3.8) is 0 Å². The summed E-state index contributed by atoms with van der Waals surface area (Å²) in [4.78, 5) is 13.5. The number of benzene rings is 1. The zero-order valence-electron chi connectivity index (χ0n) is 10.3. The smallest absolute Gasteiger partial charge is 0.416 e. The average Bonchev–Trinajstić information content (AvgIpc) is 2.37. The molecule has 0 aliphatic rings. The maximum Gasteiger partial charge on any atom is 0.416 e. The first-order valence-electron chi connectivity index (χ1n) is 5.53. The van der Waals surface area contributed by atoms with E-state index >= 15 is 0 Å². The summed E-state index contributed by atoms with van der Waals surface area (Å²) in [7, 11) is 0. The summed E-state index contributed by atoms with van der Waals surface area (Å²) in [5.41, 5.74) is 4.13. The van der Waals surface area contributed by atoms with Gasteiger partial charge in [0, 0.05) is 18.2 Å². The molecule has 2 rings (SSSR count). The van der Waals surface area contributed by atoms with E-state index in [2.05, 4.69) is 4.98 Å². The lowest BCUT2D eigenvalue weighted by Gasteiger charge is -2.10. The molecule has 21 heavy (non-hydrogen) atoms.